The van der Waals surface area contributed by atoms with Gasteiger partial charge < -0.3 is 14.6 Å². The van der Waals surface area contributed by atoms with E-state index in [9.17, 15) is 22.4 Å². The molecule has 0 aliphatic carbocycles. The standard InChI is InChI=1S/C20H18ClF4N5O2/c1-11-7-12(20(23,24)25)8-17(26-11)30-16(10-29-5-6-32-27-19(29)30)18(31)28(2)13-3-4-15(22)14(21)9-13/h3-4,7-9,16H,5-6,10H2,1-2H3/t16-/m0/s1. The molecule has 4 rings (SSSR count). The molecular formula is C20H18ClF4N5O2. The van der Waals surface area contributed by atoms with Gasteiger partial charge in [-0.2, -0.15) is 13.2 Å². The molecule has 0 unspecified atom stereocenters. The SMILES string of the molecule is Cc1cc(C(F)(F)F)cc(N2C3=NOCCN3C[C@H]2C(=O)N(C)c2ccc(F)c(Cl)c2)n1. The van der Waals surface area contributed by atoms with Gasteiger partial charge in [0.05, 0.1) is 23.7 Å². The summed E-state index contributed by atoms with van der Waals surface area (Å²) in [5.74, 6) is -0.966. The second-order valence-electron chi connectivity index (χ2n) is 7.41. The number of rotatable bonds is 3. The number of guanidine groups is 1. The van der Waals surface area contributed by atoms with Crippen LogP contribution in [0.5, 0.6) is 0 Å². The lowest BCUT2D eigenvalue weighted by atomic mass is 10.1. The molecule has 0 N–H and O–H groups in total. The number of aryl methyl sites for hydroxylation is 1. The minimum atomic E-state index is -4.59. The molecule has 2 aliphatic rings. The van der Waals surface area contributed by atoms with Crippen LogP contribution >= 0.6 is 11.6 Å². The van der Waals surface area contributed by atoms with Gasteiger partial charge in [0.2, 0.25) is 5.96 Å². The van der Waals surface area contributed by atoms with Crippen LogP contribution < -0.4 is 9.80 Å². The Bertz CT molecular complexity index is 1090. The Balaban J connectivity index is 1.75. The van der Waals surface area contributed by atoms with E-state index < -0.39 is 29.5 Å². The van der Waals surface area contributed by atoms with Gasteiger partial charge in [0.1, 0.15) is 24.3 Å². The number of hydrogen-bond acceptors (Lipinski definition) is 6. The van der Waals surface area contributed by atoms with Crippen molar-refractivity contribution in [2.45, 2.75) is 19.1 Å². The third-order valence-corrected chi connectivity index (χ3v) is 5.51. The van der Waals surface area contributed by atoms with Crippen LogP contribution in [0, 0.1) is 12.7 Å². The van der Waals surface area contributed by atoms with Gasteiger partial charge in [-0.25, -0.2) is 9.37 Å². The highest BCUT2D eigenvalue weighted by Gasteiger charge is 2.45. The molecule has 2 aliphatic heterocycles. The number of nitrogens with zero attached hydrogens (tertiary/aromatic N) is 5. The summed E-state index contributed by atoms with van der Waals surface area (Å²) in [5, 5.41) is 3.81. The van der Waals surface area contributed by atoms with Crippen molar-refractivity contribution in [1.29, 1.82) is 0 Å². The summed E-state index contributed by atoms with van der Waals surface area (Å²) in [6.07, 6.45) is -4.59. The molecule has 2 aromatic rings. The molecule has 0 spiro atoms. The molecule has 0 saturated carbocycles. The van der Waals surface area contributed by atoms with E-state index in [1.165, 1.54) is 35.9 Å². The van der Waals surface area contributed by atoms with Gasteiger partial charge in [-0.15, -0.1) is 0 Å². The fourth-order valence-corrected chi connectivity index (χ4v) is 3.82. The van der Waals surface area contributed by atoms with Gasteiger partial charge >= 0.3 is 6.18 Å². The van der Waals surface area contributed by atoms with Crippen LogP contribution in [-0.2, 0) is 15.8 Å². The number of benzene rings is 1. The zero-order chi connectivity index (χ0) is 23.2. The fraction of sp³-hybridized carbons (Fsp3) is 0.350. The van der Waals surface area contributed by atoms with Crippen LogP contribution in [0.3, 0.4) is 0 Å². The second kappa shape index (κ2) is 8.12. The number of hydrogen-bond donors (Lipinski definition) is 0. The van der Waals surface area contributed by atoms with Crippen LogP contribution in [0.1, 0.15) is 11.3 Å². The Hall–Kier alpha value is -3.08. The van der Waals surface area contributed by atoms with E-state index in [0.29, 0.717) is 12.2 Å². The van der Waals surface area contributed by atoms with Gasteiger partial charge in [-0.1, -0.05) is 11.6 Å². The maximum atomic E-state index is 13.5. The second-order valence-corrected chi connectivity index (χ2v) is 7.81. The highest BCUT2D eigenvalue weighted by atomic mass is 35.5. The average molecular weight is 472 g/mol. The van der Waals surface area contributed by atoms with Crippen molar-refractivity contribution < 1.29 is 27.2 Å². The number of oxime groups is 1. The van der Waals surface area contributed by atoms with Crippen molar-refractivity contribution in [3.05, 3.63) is 52.4 Å². The summed E-state index contributed by atoms with van der Waals surface area (Å²) >= 11 is 5.84. The van der Waals surface area contributed by atoms with Crippen LogP contribution in [0.25, 0.3) is 0 Å². The lowest BCUT2D eigenvalue weighted by Crippen LogP contribution is -2.47. The Kier molecular flexibility index (Phi) is 5.61. The quantitative estimate of drug-likeness (QED) is 0.639. The molecule has 170 valence electrons. The summed E-state index contributed by atoms with van der Waals surface area (Å²) < 4.78 is 53.8. The van der Waals surface area contributed by atoms with E-state index >= 15 is 0 Å². The van der Waals surface area contributed by atoms with Crippen molar-refractivity contribution in [2.75, 3.05) is 36.5 Å². The Morgan fingerprint density at radius 1 is 1.28 bits per heavy atom. The van der Waals surface area contributed by atoms with E-state index in [0.717, 1.165) is 18.2 Å². The molecule has 1 saturated heterocycles. The first kappa shape index (κ1) is 22.1. The van der Waals surface area contributed by atoms with Crippen LogP contribution in [0.15, 0.2) is 35.5 Å². The molecule has 3 heterocycles. The summed E-state index contributed by atoms with van der Waals surface area (Å²) in [4.78, 5) is 27.1. The number of aromatic nitrogens is 1. The number of carbonyl (C=O) groups excluding carboxylic acids is 1. The van der Waals surface area contributed by atoms with Crippen LogP contribution in [-0.4, -0.2) is 54.5 Å². The van der Waals surface area contributed by atoms with Crippen LogP contribution in [0.4, 0.5) is 29.1 Å². The molecule has 1 amide bonds. The minimum Gasteiger partial charge on any atom is -0.391 e. The largest absolute Gasteiger partial charge is 0.416 e. The molecule has 0 bridgehead atoms. The van der Waals surface area contributed by atoms with Gasteiger partial charge in [-0.05, 0) is 42.4 Å². The third kappa shape index (κ3) is 4.04. The van der Waals surface area contributed by atoms with E-state index in [1.807, 2.05) is 0 Å². The lowest BCUT2D eigenvalue weighted by molar-refractivity contribution is -0.137. The molecule has 1 aromatic heterocycles. The van der Waals surface area contributed by atoms with Gasteiger partial charge in [-0.3, -0.25) is 9.69 Å². The zero-order valence-electron chi connectivity index (χ0n) is 17.0. The number of amides is 1. The molecule has 1 aromatic carbocycles. The maximum absolute atomic E-state index is 13.5. The predicted molar refractivity (Wildman–Crippen MR) is 110 cm³/mol. The first-order valence-corrected chi connectivity index (χ1v) is 9.96. The highest BCUT2D eigenvalue weighted by Crippen LogP contribution is 2.34. The van der Waals surface area contributed by atoms with E-state index in [1.54, 1.807) is 4.90 Å². The zero-order valence-corrected chi connectivity index (χ0v) is 17.8. The number of pyridine rings is 1. The number of alkyl halides is 3. The lowest BCUT2D eigenvalue weighted by Gasteiger charge is -2.28. The third-order valence-electron chi connectivity index (χ3n) is 5.22. The monoisotopic (exact) mass is 471 g/mol. The summed E-state index contributed by atoms with van der Waals surface area (Å²) in [6, 6.07) is 4.68. The Morgan fingerprint density at radius 2 is 2.03 bits per heavy atom. The highest BCUT2D eigenvalue weighted by molar-refractivity contribution is 6.31. The van der Waals surface area contributed by atoms with Gasteiger partial charge in [0, 0.05) is 18.4 Å². The smallest absolute Gasteiger partial charge is 0.391 e. The fourth-order valence-electron chi connectivity index (χ4n) is 3.64. The number of likely N-dealkylation sites (N-methyl/N-ethyl adjacent to an activating group) is 1. The van der Waals surface area contributed by atoms with Crippen LogP contribution in [0.2, 0.25) is 5.02 Å². The molecule has 7 nitrogen and oxygen atoms in total. The Labute approximate surface area is 185 Å². The number of halogens is 5. The number of carbonyl (C=O) groups is 1. The van der Waals surface area contributed by atoms with E-state index in [2.05, 4.69) is 10.1 Å². The topological polar surface area (TPSA) is 61.3 Å². The molecule has 0 radical (unpaired) electrons. The average Bonchev–Trinajstić information content (AvgIpc) is 3.13. The normalized spacial score (nSPS) is 18.2. The minimum absolute atomic E-state index is 0.0760. The first-order chi connectivity index (χ1) is 15.1. The molecule has 32 heavy (non-hydrogen) atoms. The molecule has 1 atom stereocenters. The maximum Gasteiger partial charge on any atom is 0.416 e. The van der Waals surface area contributed by atoms with E-state index in [4.69, 9.17) is 16.4 Å². The summed E-state index contributed by atoms with van der Waals surface area (Å²) in [7, 11) is 1.48. The summed E-state index contributed by atoms with van der Waals surface area (Å²) in [5.41, 5.74) is -0.422. The van der Waals surface area contributed by atoms with Gasteiger partial charge in [0.15, 0.2) is 0 Å². The predicted octanol–water partition coefficient (Wildman–Crippen LogP) is 3.66. The number of fused-ring (bicyclic) bond motifs is 1. The first-order valence-electron chi connectivity index (χ1n) is 9.59. The van der Waals surface area contributed by atoms with Crippen molar-refractivity contribution in [3.63, 3.8) is 0 Å². The molecular weight excluding hydrogens is 454 g/mol. The van der Waals surface area contributed by atoms with Crippen molar-refractivity contribution in [3.8, 4) is 0 Å². The van der Waals surface area contributed by atoms with E-state index in [-0.39, 0.29) is 35.6 Å². The van der Waals surface area contributed by atoms with Crippen molar-refractivity contribution in [2.24, 2.45) is 5.16 Å². The van der Waals surface area contributed by atoms with Crippen molar-refractivity contribution >= 4 is 35.0 Å². The van der Waals surface area contributed by atoms with Crippen molar-refractivity contribution in [1.82, 2.24) is 9.88 Å². The summed E-state index contributed by atoms with van der Waals surface area (Å²) in [6.45, 7) is 2.28. The number of anilines is 2. The molecule has 1 fully saturated rings. The van der Waals surface area contributed by atoms with Gasteiger partial charge in [0.25, 0.3) is 5.91 Å². The Morgan fingerprint density at radius 3 is 2.72 bits per heavy atom. The molecule has 12 heteroatoms.